The standard InChI is InChI=1S/C14H22OS/c1-3-6-12(15)8-5-9-14-11-10-13(16-14)7-4-2/h10-11H,3-9H2,1-2H3. The van der Waals surface area contributed by atoms with E-state index in [1.165, 1.54) is 22.6 Å². The Labute approximate surface area is 103 Å². The molecule has 16 heavy (non-hydrogen) atoms. The van der Waals surface area contributed by atoms with Crippen LogP contribution in [0, 0.1) is 0 Å². The summed E-state index contributed by atoms with van der Waals surface area (Å²) in [6, 6.07) is 4.46. The largest absolute Gasteiger partial charge is 0.300 e. The molecule has 0 aliphatic rings. The van der Waals surface area contributed by atoms with Gasteiger partial charge in [0.15, 0.2) is 0 Å². The molecule has 1 heterocycles. The van der Waals surface area contributed by atoms with E-state index in [0.29, 0.717) is 5.78 Å². The highest BCUT2D eigenvalue weighted by Crippen LogP contribution is 2.20. The third-order valence-electron chi connectivity index (χ3n) is 2.62. The lowest BCUT2D eigenvalue weighted by atomic mass is 10.1. The zero-order valence-corrected chi connectivity index (χ0v) is 11.2. The lowest BCUT2D eigenvalue weighted by Gasteiger charge is -1.98. The number of rotatable bonds is 8. The number of ketones is 1. The molecule has 0 spiro atoms. The van der Waals surface area contributed by atoms with Gasteiger partial charge in [-0.3, -0.25) is 4.79 Å². The van der Waals surface area contributed by atoms with Crippen LogP contribution >= 0.6 is 11.3 Å². The minimum absolute atomic E-state index is 0.424. The summed E-state index contributed by atoms with van der Waals surface area (Å²) < 4.78 is 0. The Morgan fingerprint density at radius 2 is 1.75 bits per heavy atom. The average Bonchev–Trinajstić information content (AvgIpc) is 2.67. The van der Waals surface area contributed by atoms with Gasteiger partial charge in [-0.05, 0) is 37.8 Å². The lowest BCUT2D eigenvalue weighted by Crippen LogP contribution is -1.97. The van der Waals surface area contributed by atoms with Crippen LogP contribution in [-0.4, -0.2) is 5.78 Å². The van der Waals surface area contributed by atoms with Crippen LogP contribution in [0.1, 0.15) is 55.7 Å². The van der Waals surface area contributed by atoms with Crippen molar-refractivity contribution >= 4 is 17.1 Å². The van der Waals surface area contributed by atoms with Crippen molar-refractivity contribution in [1.29, 1.82) is 0 Å². The summed E-state index contributed by atoms with van der Waals surface area (Å²) in [5, 5.41) is 0. The molecule has 0 fully saturated rings. The maximum Gasteiger partial charge on any atom is 0.132 e. The van der Waals surface area contributed by atoms with Crippen molar-refractivity contribution in [3.63, 3.8) is 0 Å². The zero-order chi connectivity index (χ0) is 11.8. The van der Waals surface area contributed by atoms with Crippen LogP contribution in [0.4, 0.5) is 0 Å². The van der Waals surface area contributed by atoms with E-state index < -0.39 is 0 Å². The molecular formula is C14H22OS. The fourth-order valence-electron chi connectivity index (χ4n) is 1.80. The highest BCUT2D eigenvalue weighted by molar-refractivity contribution is 7.11. The Balaban J connectivity index is 2.23. The Bertz CT molecular complexity index is 314. The number of aryl methyl sites for hydroxylation is 2. The first kappa shape index (κ1) is 13.4. The Hall–Kier alpha value is -0.630. The molecule has 0 bridgehead atoms. The van der Waals surface area contributed by atoms with Gasteiger partial charge in [-0.1, -0.05) is 20.3 Å². The predicted octanol–water partition coefficient (Wildman–Crippen LogP) is 4.39. The molecular weight excluding hydrogens is 216 g/mol. The highest BCUT2D eigenvalue weighted by Gasteiger charge is 2.03. The molecule has 1 rings (SSSR count). The second-order valence-corrected chi connectivity index (χ2v) is 5.51. The van der Waals surface area contributed by atoms with Gasteiger partial charge in [0.2, 0.25) is 0 Å². The van der Waals surface area contributed by atoms with Gasteiger partial charge in [0.25, 0.3) is 0 Å². The maximum absolute atomic E-state index is 11.3. The van der Waals surface area contributed by atoms with Crippen molar-refractivity contribution in [1.82, 2.24) is 0 Å². The van der Waals surface area contributed by atoms with E-state index in [4.69, 9.17) is 0 Å². The molecule has 0 saturated heterocycles. The number of hydrogen-bond acceptors (Lipinski definition) is 2. The van der Waals surface area contributed by atoms with Gasteiger partial charge in [-0.2, -0.15) is 0 Å². The smallest absolute Gasteiger partial charge is 0.132 e. The summed E-state index contributed by atoms with van der Waals surface area (Å²) in [4.78, 5) is 14.3. The number of thiophene rings is 1. The van der Waals surface area contributed by atoms with Crippen molar-refractivity contribution in [2.45, 2.75) is 58.8 Å². The molecule has 1 nitrogen and oxygen atoms in total. The minimum atomic E-state index is 0.424. The summed E-state index contributed by atoms with van der Waals surface area (Å²) in [7, 11) is 0. The summed E-state index contributed by atoms with van der Waals surface area (Å²) in [6.45, 7) is 4.27. The van der Waals surface area contributed by atoms with Gasteiger partial charge in [0.05, 0.1) is 0 Å². The van der Waals surface area contributed by atoms with E-state index >= 15 is 0 Å². The number of carbonyl (C=O) groups excluding carboxylic acids is 1. The van der Waals surface area contributed by atoms with Crippen molar-refractivity contribution in [2.24, 2.45) is 0 Å². The van der Waals surface area contributed by atoms with Crippen molar-refractivity contribution in [3.8, 4) is 0 Å². The predicted molar refractivity (Wildman–Crippen MR) is 71.2 cm³/mol. The molecule has 1 aromatic rings. The Kier molecular flexibility index (Phi) is 6.39. The first-order valence-corrected chi connectivity index (χ1v) is 7.17. The molecule has 0 saturated carbocycles. The SMILES string of the molecule is CCCC(=O)CCCc1ccc(CCC)s1. The normalized spacial score (nSPS) is 10.6. The van der Waals surface area contributed by atoms with E-state index in [-0.39, 0.29) is 0 Å². The maximum atomic E-state index is 11.3. The van der Waals surface area contributed by atoms with Crippen LogP contribution in [-0.2, 0) is 17.6 Å². The van der Waals surface area contributed by atoms with Gasteiger partial charge >= 0.3 is 0 Å². The third-order valence-corrected chi connectivity index (χ3v) is 3.83. The van der Waals surface area contributed by atoms with Crippen LogP contribution in [0.25, 0.3) is 0 Å². The van der Waals surface area contributed by atoms with Crippen LogP contribution in [0.5, 0.6) is 0 Å². The molecule has 0 N–H and O–H groups in total. The fourth-order valence-corrected chi connectivity index (χ4v) is 2.96. The van der Waals surface area contributed by atoms with E-state index in [1.807, 2.05) is 11.3 Å². The molecule has 0 unspecified atom stereocenters. The molecule has 0 aromatic carbocycles. The zero-order valence-electron chi connectivity index (χ0n) is 10.4. The third kappa shape index (κ3) is 4.93. The first-order valence-electron chi connectivity index (χ1n) is 6.35. The second-order valence-electron chi connectivity index (χ2n) is 4.26. The highest BCUT2D eigenvalue weighted by atomic mass is 32.1. The molecule has 2 heteroatoms. The van der Waals surface area contributed by atoms with Crippen molar-refractivity contribution in [3.05, 3.63) is 21.9 Å². The Morgan fingerprint density at radius 3 is 2.38 bits per heavy atom. The summed E-state index contributed by atoms with van der Waals surface area (Å²) in [5.74, 6) is 0.424. The van der Waals surface area contributed by atoms with E-state index in [2.05, 4.69) is 26.0 Å². The van der Waals surface area contributed by atoms with E-state index in [0.717, 1.165) is 32.1 Å². The molecule has 0 radical (unpaired) electrons. The minimum Gasteiger partial charge on any atom is -0.300 e. The molecule has 0 aliphatic heterocycles. The van der Waals surface area contributed by atoms with Gasteiger partial charge in [-0.25, -0.2) is 0 Å². The molecule has 0 atom stereocenters. The van der Waals surface area contributed by atoms with Gasteiger partial charge in [0.1, 0.15) is 5.78 Å². The quantitative estimate of drug-likeness (QED) is 0.656. The van der Waals surface area contributed by atoms with E-state index in [9.17, 15) is 4.79 Å². The first-order chi connectivity index (χ1) is 7.76. The number of carbonyl (C=O) groups is 1. The Morgan fingerprint density at radius 1 is 1.06 bits per heavy atom. The number of hydrogen-bond donors (Lipinski definition) is 0. The van der Waals surface area contributed by atoms with Crippen LogP contribution < -0.4 is 0 Å². The van der Waals surface area contributed by atoms with Crippen molar-refractivity contribution in [2.75, 3.05) is 0 Å². The van der Waals surface area contributed by atoms with Gasteiger partial charge < -0.3 is 0 Å². The molecule has 90 valence electrons. The second kappa shape index (κ2) is 7.61. The topological polar surface area (TPSA) is 17.1 Å². The molecule has 1 aromatic heterocycles. The van der Waals surface area contributed by atoms with Crippen LogP contribution in [0.15, 0.2) is 12.1 Å². The summed E-state index contributed by atoms with van der Waals surface area (Å²) in [6.07, 6.45) is 7.00. The van der Waals surface area contributed by atoms with Crippen LogP contribution in [0.3, 0.4) is 0 Å². The van der Waals surface area contributed by atoms with Gasteiger partial charge in [-0.15, -0.1) is 11.3 Å². The lowest BCUT2D eigenvalue weighted by molar-refractivity contribution is -0.119. The fraction of sp³-hybridized carbons (Fsp3) is 0.643. The molecule has 0 amide bonds. The number of Topliss-reactive ketones (excluding diaryl/α,β-unsaturated/α-hetero) is 1. The average molecular weight is 238 g/mol. The van der Waals surface area contributed by atoms with Gasteiger partial charge in [0, 0.05) is 22.6 Å². The van der Waals surface area contributed by atoms with E-state index in [1.54, 1.807) is 0 Å². The van der Waals surface area contributed by atoms with Crippen molar-refractivity contribution < 1.29 is 4.79 Å². The summed E-state index contributed by atoms with van der Waals surface area (Å²) >= 11 is 1.91. The van der Waals surface area contributed by atoms with Crippen LogP contribution in [0.2, 0.25) is 0 Å². The molecule has 0 aliphatic carbocycles. The monoisotopic (exact) mass is 238 g/mol. The summed E-state index contributed by atoms with van der Waals surface area (Å²) in [5.41, 5.74) is 0.